The van der Waals surface area contributed by atoms with Gasteiger partial charge in [-0.2, -0.15) is 0 Å². The van der Waals surface area contributed by atoms with Crippen molar-refractivity contribution in [1.82, 2.24) is 9.55 Å². The summed E-state index contributed by atoms with van der Waals surface area (Å²) in [7, 11) is 0. The van der Waals surface area contributed by atoms with Crippen molar-refractivity contribution >= 4 is 5.82 Å². The second-order valence-electron chi connectivity index (χ2n) is 3.46. The molecular weight excluding hydrogens is 174 g/mol. The van der Waals surface area contributed by atoms with Gasteiger partial charge in [0.15, 0.2) is 0 Å². The van der Waals surface area contributed by atoms with Gasteiger partial charge in [-0.1, -0.05) is 29.8 Å². The molecule has 14 heavy (non-hydrogen) atoms. The van der Waals surface area contributed by atoms with Gasteiger partial charge in [-0.3, -0.25) is 0 Å². The number of aromatic nitrogens is 2. The van der Waals surface area contributed by atoms with Crippen LogP contribution < -0.4 is 5.73 Å². The molecule has 0 radical (unpaired) electrons. The van der Waals surface area contributed by atoms with Crippen LogP contribution in [0.1, 0.15) is 11.1 Å². The lowest BCUT2D eigenvalue weighted by Gasteiger charge is -2.02. The summed E-state index contributed by atoms with van der Waals surface area (Å²) in [5.41, 5.74) is 8.06. The van der Waals surface area contributed by atoms with Crippen molar-refractivity contribution in [2.24, 2.45) is 0 Å². The van der Waals surface area contributed by atoms with Gasteiger partial charge in [0, 0.05) is 12.7 Å². The van der Waals surface area contributed by atoms with E-state index in [4.69, 9.17) is 5.73 Å². The molecule has 1 aromatic heterocycles. The fraction of sp³-hybridized carbons (Fsp3) is 0.182. The summed E-state index contributed by atoms with van der Waals surface area (Å²) < 4.78 is 1.97. The first-order valence-electron chi connectivity index (χ1n) is 4.57. The van der Waals surface area contributed by atoms with Gasteiger partial charge in [-0.25, -0.2) is 4.98 Å². The van der Waals surface area contributed by atoms with Crippen molar-refractivity contribution in [3.63, 3.8) is 0 Å². The van der Waals surface area contributed by atoms with Crippen LogP contribution in [0.5, 0.6) is 0 Å². The minimum absolute atomic E-state index is 0.567. The van der Waals surface area contributed by atoms with Crippen LogP contribution in [0.3, 0.4) is 0 Å². The molecule has 0 saturated heterocycles. The van der Waals surface area contributed by atoms with Crippen LogP contribution in [-0.4, -0.2) is 9.55 Å². The molecule has 0 amide bonds. The largest absolute Gasteiger partial charge is 0.382 e. The fourth-order valence-corrected chi connectivity index (χ4v) is 1.37. The second kappa shape index (κ2) is 3.54. The smallest absolute Gasteiger partial charge is 0.141 e. The van der Waals surface area contributed by atoms with Crippen LogP contribution in [0.4, 0.5) is 5.82 Å². The molecule has 0 bridgehead atoms. The molecule has 2 aromatic rings. The van der Waals surface area contributed by atoms with Crippen LogP contribution in [0.15, 0.2) is 36.8 Å². The van der Waals surface area contributed by atoms with Gasteiger partial charge < -0.3 is 10.3 Å². The van der Waals surface area contributed by atoms with Gasteiger partial charge in [-0.15, -0.1) is 0 Å². The van der Waals surface area contributed by atoms with Crippen LogP contribution in [0, 0.1) is 6.92 Å². The van der Waals surface area contributed by atoms with E-state index in [0.717, 1.165) is 6.54 Å². The van der Waals surface area contributed by atoms with Crippen molar-refractivity contribution in [1.29, 1.82) is 0 Å². The Morgan fingerprint density at radius 2 is 2.00 bits per heavy atom. The standard InChI is InChI=1S/C11H13N3/c1-9-2-4-10(5-3-9)6-14-7-11(12)13-8-14/h2-5,7-8H,6,12H2,1H3. The highest BCUT2D eigenvalue weighted by Gasteiger charge is 1.95. The van der Waals surface area contributed by atoms with Gasteiger partial charge in [0.25, 0.3) is 0 Å². The zero-order valence-corrected chi connectivity index (χ0v) is 8.14. The van der Waals surface area contributed by atoms with Gasteiger partial charge in [0.2, 0.25) is 0 Å². The first-order valence-corrected chi connectivity index (χ1v) is 4.57. The van der Waals surface area contributed by atoms with E-state index in [2.05, 4.69) is 36.2 Å². The van der Waals surface area contributed by atoms with E-state index in [0.29, 0.717) is 5.82 Å². The summed E-state index contributed by atoms with van der Waals surface area (Å²) >= 11 is 0. The van der Waals surface area contributed by atoms with Crippen molar-refractivity contribution in [2.75, 3.05) is 5.73 Å². The van der Waals surface area contributed by atoms with E-state index < -0.39 is 0 Å². The molecule has 2 rings (SSSR count). The van der Waals surface area contributed by atoms with E-state index in [9.17, 15) is 0 Å². The number of benzene rings is 1. The minimum atomic E-state index is 0.567. The minimum Gasteiger partial charge on any atom is -0.382 e. The highest BCUT2D eigenvalue weighted by Crippen LogP contribution is 2.06. The number of nitrogens with zero attached hydrogens (tertiary/aromatic N) is 2. The Bertz CT molecular complexity index is 414. The molecule has 0 atom stereocenters. The lowest BCUT2D eigenvalue weighted by atomic mass is 10.1. The molecule has 1 heterocycles. The molecule has 0 spiro atoms. The number of anilines is 1. The molecule has 3 heteroatoms. The van der Waals surface area contributed by atoms with Crippen molar-refractivity contribution in [2.45, 2.75) is 13.5 Å². The lowest BCUT2D eigenvalue weighted by Crippen LogP contribution is -1.96. The summed E-state index contributed by atoms with van der Waals surface area (Å²) in [6.07, 6.45) is 3.58. The normalized spacial score (nSPS) is 10.4. The van der Waals surface area contributed by atoms with E-state index in [-0.39, 0.29) is 0 Å². The SMILES string of the molecule is Cc1ccc(Cn2cnc(N)c2)cc1. The maximum atomic E-state index is 5.52. The van der Waals surface area contributed by atoms with Gasteiger partial charge in [0.1, 0.15) is 5.82 Å². The molecule has 0 unspecified atom stereocenters. The Balaban J connectivity index is 2.15. The average Bonchev–Trinajstić information content (AvgIpc) is 2.56. The zero-order chi connectivity index (χ0) is 9.97. The number of hydrogen-bond donors (Lipinski definition) is 1. The maximum Gasteiger partial charge on any atom is 0.141 e. The van der Waals surface area contributed by atoms with Crippen molar-refractivity contribution < 1.29 is 0 Å². The third kappa shape index (κ3) is 1.93. The summed E-state index contributed by atoms with van der Waals surface area (Å²) in [6.45, 7) is 2.91. The molecule has 0 aliphatic rings. The number of imidazole rings is 1. The van der Waals surface area contributed by atoms with Crippen molar-refractivity contribution in [3.05, 3.63) is 47.9 Å². The van der Waals surface area contributed by atoms with Crippen LogP contribution in [0.25, 0.3) is 0 Å². The molecule has 1 aromatic carbocycles. The third-order valence-corrected chi connectivity index (χ3v) is 2.14. The van der Waals surface area contributed by atoms with E-state index in [1.165, 1.54) is 11.1 Å². The monoisotopic (exact) mass is 187 g/mol. The number of nitrogens with two attached hydrogens (primary N) is 1. The summed E-state index contributed by atoms with van der Waals surface area (Å²) in [5.74, 6) is 0.567. The van der Waals surface area contributed by atoms with Gasteiger partial charge in [-0.05, 0) is 12.5 Å². The summed E-state index contributed by atoms with van der Waals surface area (Å²) in [5, 5.41) is 0. The van der Waals surface area contributed by atoms with Crippen LogP contribution >= 0.6 is 0 Å². The van der Waals surface area contributed by atoms with Gasteiger partial charge in [0.05, 0.1) is 6.33 Å². The highest BCUT2D eigenvalue weighted by molar-refractivity contribution is 5.25. The summed E-state index contributed by atoms with van der Waals surface area (Å²) in [6, 6.07) is 8.45. The van der Waals surface area contributed by atoms with E-state index in [1.54, 1.807) is 6.33 Å². The Morgan fingerprint density at radius 1 is 1.29 bits per heavy atom. The van der Waals surface area contributed by atoms with E-state index >= 15 is 0 Å². The topological polar surface area (TPSA) is 43.8 Å². The first-order chi connectivity index (χ1) is 6.74. The Kier molecular flexibility index (Phi) is 2.23. The van der Waals surface area contributed by atoms with Crippen LogP contribution in [-0.2, 0) is 6.54 Å². The molecule has 3 nitrogen and oxygen atoms in total. The molecule has 72 valence electrons. The first kappa shape index (κ1) is 8.81. The number of rotatable bonds is 2. The lowest BCUT2D eigenvalue weighted by molar-refractivity contribution is 0.797. The predicted octanol–water partition coefficient (Wildman–Crippen LogP) is 1.82. The number of hydrogen-bond acceptors (Lipinski definition) is 2. The maximum absolute atomic E-state index is 5.52. The Hall–Kier alpha value is -1.77. The molecule has 0 saturated carbocycles. The molecule has 0 fully saturated rings. The average molecular weight is 187 g/mol. The number of aryl methyl sites for hydroxylation is 1. The molecule has 0 aliphatic heterocycles. The zero-order valence-electron chi connectivity index (χ0n) is 8.14. The van der Waals surface area contributed by atoms with Crippen LogP contribution in [0.2, 0.25) is 0 Å². The Morgan fingerprint density at radius 3 is 2.57 bits per heavy atom. The predicted molar refractivity (Wildman–Crippen MR) is 56.9 cm³/mol. The molecule has 2 N–H and O–H groups in total. The highest BCUT2D eigenvalue weighted by atomic mass is 15.1. The second-order valence-corrected chi connectivity index (χ2v) is 3.46. The summed E-state index contributed by atoms with van der Waals surface area (Å²) in [4.78, 5) is 3.97. The third-order valence-electron chi connectivity index (χ3n) is 2.14. The number of nitrogen functional groups attached to an aromatic ring is 1. The van der Waals surface area contributed by atoms with E-state index in [1.807, 2.05) is 10.8 Å². The van der Waals surface area contributed by atoms with Gasteiger partial charge >= 0.3 is 0 Å². The van der Waals surface area contributed by atoms with Crippen molar-refractivity contribution in [3.8, 4) is 0 Å². The Labute approximate surface area is 83.2 Å². The molecule has 0 aliphatic carbocycles. The fourth-order valence-electron chi connectivity index (χ4n) is 1.37. The quantitative estimate of drug-likeness (QED) is 0.779. The molecular formula is C11H13N3.